The highest BCUT2D eigenvalue weighted by molar-refractivity contribution is 5.50. The molecule has 0 aliphatic carbocycles. The zero-order chi connectivity index (χ0) is 18.9. The molecule has 0 aliphatic heterocycles. The molecule has 0 saturated carbocycles. The van der Waals surface area contributed by atoms with Gasteiger partial charge in [-0.15, -0.1) is 0 Å². The number of rotatable bonds is 15. The van der Waals surface area contributed by atoms with Crippen LogP contribution in [-0.4, -0.2) is 16.1 Å². The van der Waals surface area contributed by atoms with Crippen molar-refractivity contribution in [2.75, 3.05) is 0 Å². The lowest BCUT2D eigenvalue weighted by molar-refractivity contribution is -0.428. The lowest BCUT2D eigenvalue weighted by Gasteiger charge is -1.98. The van der Waals surface area contributed by atoms with E-state index in [1.54, 1.807) is 30.6 Å². The Labute approximate surface area is 148 Å². The fourth-order valence-electron chi connectivity index (χ4n) is 2.20. The molecule has 0 N–H and O–H groups in total. The van der Waals surface area contributed by atoms with Crippen LogP contribution in [0.4, 0.5) is 0 Å². The second-order valence-corrected chi connectivity index (χ2v) is 5.66. The van der Waals surface area contributed by atoms with Crippen LogP contribution >= 0.6 is 0 Å². The summed E-state index contributed by atoms with van der Waals surface area (Å²) in [7, 11) is 0. The van der Waals surface area contributed by atoms with E-state index in [-0.39, 0.29) is 16.3 Å². The molecule has 7 heteroatoms. The second kappa shape index (κ2) is 15.2. The summed E-state index contributed by atoms with van der Waals surface area (Å²) >= 11 is 0. The standard InChI is InChI=1S/C18H27N2O5/c1-2-3-7-12-17(19(22)23)13-8-4-5-9-14-18(20(24)25)15-10-6-11-16-21/h4-5,13-14H,2-3,6-12,15H2,1H3/b5-4+,17-13-,18-14-. The normalized spacial score (nSPS) is 12.5. The summed E-state index contributed by atoms with van der Waals surface area (Å²) in [4.78, 5) is 31.2. The van der Waals surface area contributed by atoms with E-state index >= 15 is 0 Å². The average Bonchev–Trinajstić information content (AvgIpc) is 2.57. The topological polar surface area (TPSA) is 103 Å². The Kier molecular flexibility index (Phi) is 13.8. The van der Waals surface area contributed by atoms with Crippen LogP contribution in [0.3, 0.4) is 0 Å². The maximum atomic E-state index is 10.9. The van der Waals surface area contributed by atoms with E-state index in [1.165, 1.54) is 0 Å². The third kappa shape index (κ3) is 12.7. The van der Waals surface area contributed by atoms with Crippen LogP contribution in [0.1, 0.15) is 71.1 Å². The van der Waals surface area contributed by atoms with Gasteiger partial charge in [0.1, 0.15) is 0 Å². The van der Waals surface area contributed by atoms with Crippen molar-refractivity contribution < 1.29 is 14.6 Å². The molecule has 139 valence electrons. The first-order valence-corrected chi connectivity index (χ1v) is 8.69. The molecule has 0 rings (SSSR count). The van der Waals surface area contributed by atoms with Gasteiger partial charge in [-0.25, -0.2) is 0 Å². The summed E-state index contributed by atoms with van der Waals surface area (Å²) in [6, 6.07) is 0. The van der Waals surface area contributed by atoms with Gasteiger partial charge >= 0.3 is 0 Å². The largest absolute Gasteiger partial charge is 0.291 e. The third-order valence-corrected chi connectivity index (χ3v) is 3.61. The Hall–Kier alpha value is -2.31. The van der Waals surface area contributed by atoms with Crippen LogP contribution < -0.4 is 0 Å². The predicted octanol–water partition coefficient (Wildman–Crippen LogP) is 4.89. The van der Waals surface area contributed by atoms with Gasteiger partial charge in [0.25, 0.3) is 0 Å². The van der Waals surface area contributed by atoms with Crippen molar-refractivity contribution in [2.45, 2.75) is 71.1 Å². The number of nitro groups is 2. The van der Waals surface area contributed by atoms with E-state index < -0.39 is 4.92 Å². The molecule has 0 aromatic rings. The highest BCUT2D eigenvalue weighted by Gasteiger charge is 2.09. The van der Waals surface area contributed by atoms with Crippen LogP contribution in [0.25, 0.3) is 0 Å². The van der Waals surface area contributed by atoms with Crippen LogP contribution in [-0.2, 0) is 4.79 Å². The summed E-state index contributed by atoms with van der Waals surface area (Å²) in [6.45, 7) is 2.05. The minimum atomic E-state index is -0.406. The molecule has 0 saturated heterocycles. The van der Waals surface area contributed by atoms with Crippen molar-refractivity contribution in [2.24, 2.45) is 0 Å². The Morgan fingerprint density at radius 2 is 1.36 bits per heavy atom. The number of hydrogen-bond donors (Lipinski definition) is 0. The molecule has 0 heterocycles. The fraction of sp³-hybridized carbons (Fsp3) is 0.611. The van der Waals surface area contributed by atoms with Crippen molar-refractivity contribution in [1.29, 1.82) is 0 Å². The van der Waals surface area contributed by atoms with E-state index in [1.807, 2.05) is 6.92 Å². The molecule has 0 aromatic carbocycles. The molecule has 0 aromatic heterocycles. The maximum Gasteiger partial charge on any atom is 0.242 e. The molecular weight excluding hydrogens is 324 g/mol. The number of unbranched alkanes of at least 4 members (excludes halogenated alkanes) is 4. The first-order chi connectivity index (χ1) is 12.0. The zero-order valence-corrected chi connectivity index (χ0v) is 14.8. The van der Waals surface area contributed by atoms with Gasteiger partial charge in [-0.3, -0.25) is 25.0 Å². The summed E-state index contributed by atoms with van der Waals surface area (Å²) in [5.74, 6) is 0. The molecule has 1 radical (unpaired) electrons. The van der Waals surface area contributed by atoms with E-state index in [9.17, 15) is 25.0 Å². The summed E-state index contributed by atoms with van der Waals surface area (Å²) < 4.78 is 0. The first kappa shape index (κ1) is 22.7. The van der Waals surface area contributed by atoms with E-state index in [0.717, 1.165) is 19.3 Å². The summed E-state index contributed by atoms with van der Waals surface area (Å²) in [5, 5.41) is 21.9. The van der Waals surface area contributed by atoms with Gasteiger partial charge in [-0.1, -0.05) is 31.9 Å². The number of hydrogen-bond acceptors (Lipinski definition) is 5. The molecule has 0 spiro atoms. The van der Waals surface area contributed by atoms with Crippen molar-refractivity contribution >= 4 is 6.29 Å². The van der Waals surface area contributed by atoms with Crippen molar-refractivity contribution in [3.63, 3.8) is 0 Å². The molecular formula is C18H27N2O5. The van der Waals surface area contributed by atoms with Gasteiger partial charge in [0.05, 0.1) is 9.85 Å². The van der Waals surface area contributed by atoms with Gasteiger partial charge in [0.15, 0.2) is 6.29 Å². The Bertz CT molecular complexity index is 510. The molecule has 7 nitrogen and oxygen atoms in total. The monoisotopic (exact) mass is 351 g/mol. The first-order valence-electron chi connectivity index (χ1n) is 8.69. The van der Waals surface area contributed by atoms with E-state index in [4.69, 9.17) is 0 Å². The SMILES string of the molecule is CCCCC/C(=C/C/C=C/C/C=C(/CCCC[C]=O)[N+](=O)[O-])[N+](=O)[O-]. The number of nitrogens with zero attached hydrogens (tertiary/aromatic N) is 2. The number of allylic oxidation sites excluding steroid dienone is 6. The average molecular weight is 351 g/mol. The van der Waals surface area contributed by atoms with Gasteiger partial charge < -0.3 is 0 Å². The molecule has 0 amide bonds. The van der Waals surface area contributed by atoms with Crippen molar-refractivity contribution in [1.82, 2.24) is 0 Å². The highest BCUT2D eigenvalue weighted by atomic mass is 16.6. The molecule has 0 unspecified atom stereocenters. The number of carbonyl (C=O) groups excluding carboxylic acids is 1. The maximum absolute atomic E-state index is 10.9. The minimum absolute atomic E-state index is 0.136. The van der Waals surface area contributed by atoms with Crippen molar-refractivity contribution in [3.8, 4) is 0 Å². The van der Waals surface area contributed by atoms with E-state index in [2.05, 4.69) is 0 Å². The quantitative estimate of drug-likeness (QED) is 0.181. The smallest absolute Gasteiger partial charge is 0.242 e. The molecule has 0 aliphatic rings. The van der Waals surface area contributed by atoms with Gasteiger partial charge in [0, 0.05) is 19.3 Å². The lowest BCUT2D eigenvalue weighted by Crippen LogP contribution is -1.99. The zero-order valence-electron chi connectivity index (χ0n) is 14.8. The lowest BCUT2D eigenvalue weighted by atomic mass is 10.1. The second-order valence-electron chi connectivity index (χ2n) is 5.66. The molecule has 0 fully saturated rings. The summed E-state index contributed by atoms with van der Waals surface area (Å²) in [5.41, 5.74) is 0.364. The highest BCUT2D eigenvalue weighted by Crippen LogP contribution is 2.12. The van der Waals surface area contributed by atoms with Gasteiger partial charge in [-0.2, -0.15) is 0 Å². The van der Waals surface area contributed by atoms with E-state index in [0.29, 0.717) is 44.9 Å². The Morgan fingerprint density at radius 1 is 0.880 bits per heavy atom. The van der Waals surface area contributed by atoms with Gasteiger partial charge in [-0.05, 0) is 44.3 Å². The van der Waals surface area contributed by atoms with Crippen LogP contribution in [0.2, 0.25) is 0 Å². The molecule has 0 bridgehead atoms. The Balaban J connectivity index is 4.36. The minimum Gasteiger partial charge on any atom is -0.291 e. The third-order valence-electron chi connectivity index (χ3n) is 3.61. The fourth-order valence-corrected chi connectivity index (χ4v) is 2.20. The van der Waals surface area contributed by atoms with Crippen LogP contribution in [0.5, 0.6) is 0 Å². The summed E-state index contributed by atoms with van der Waals surface area (Å²) in [6.07, 6.45) is 14.4. The van der Waals surface area contributed by atoms with Gasteiger partial charge in [0.2, 0.25) is 11.4 Å². The Morgan fingerprint density at radius 3 is 1.76 bits per heavy atom. The van der Waals surface area contributed by atoms with Crippen LogP contribution in [0.15, 0.2) is 35.7 Å². The van der Waals surface area contributed by atoms with Crippen molar-refractivity contribution in [3.05, 3.63) is 55.9 Å². The molecule has 25 heavy (non-hydrogen) atoms. The molecule has 0 atom stereocenters. The predicted molar refractivity (Wildman–Crippen MR) is 96.8 cm³/mol. The van der Waals surface area contributed by atoms with Crippen LogP contribution in [0, 0.1) is 20.2 Å².